The van der Waals surface area contributed by atoms with E-state index in [1.165, 1.54) is 0 Å². The lowest BCUT2D eigenvalue weighted by Crippen LogP contribution is -2.45. The van der Waals surface area contributed by atoms with E-state index in [0.717, 1.165) is 18.4 Å². The minimum absolute atomic E-state index is 0.0947. The SMILES string of the molecule is COC(C)(C)c1ccc(S(=O)(=O)N2CC3CC(C)(C2)CC3(C)C)cc1. The van der Waals surface area contributed by atoms with E-state index in [2.05, 4.69) is 20.8 Å². The number of methoxy groups -OCH3 is 1. The molecule has 1 saturated carbocycles. The third kappa shape index (κ3) is 3.26. The maximum absolute atomic E-state index is 13.2. The molecule has 0 N–H and O–H groups in total. The molecule has 4 nitrogen and oxygen atoms in total. The molecule has 2 unspecified atom stereocenters. The molecule has 1 aromatic rings. The highest BCUT2D eigenvalue weighted by Crippen LogP contribution is 2.56. The molecular formula is C20H31NO3S. The number of piperidine rings is 1. The first-order chi connectivity index (χ1) is 11.4. The molecule has 2 bridgehead atoms. The van der Waals surface area contributed by atoms with E-state index in [0.29, 0.717) is 23.9 Å². The van der Waals surface area contributed by atoms with Gasteiger partial charge in [0.05, 0.1) is 10.5 Å². The highest BCUT2D eigenvalue weighted by atomic mass is 32.2. The average Bonchev–Trinajstić information content (AvgIpc) is 2.70. The van der Waals surface area contributed by atoms with Gasteiger partial charge in [-0.2, -0.15) is 4.31 Å². The van der Waals surface area contributed by atoms with Crippen LogP contribution in [0.4, 0.5) is 0 Å². The number of rotatable bonds is 4. The van der Waals surface area contributed by atoms with Gasteiger partial charge in [-0.1, -0.05) is 32.9 Å². The monoisotopic (exact) mass is 365 g/mol. The van der Waals surface area contributed by atoms with Crippen LogP contribution in [0.15, 0.2) is 29.2 Å². The van der Waals surface area contributed by atoms with Crippen molar-refractivity contribution in [2.75, 3.05) is 20.2 Å². The van der Waals surface area contributed by atoms with Gasteiger partial charge in [0.1, 0.15) is 0 Å². The fourth-order valence-corrected chi connectivity index (χ4v) is 6.47. The Morgan fingerprint density at radius 1 is 1.16 bits per heavy atom. The maximum atomic E-state index is 13.2. The lowest BCUT2D eigenvalue weighted by molar-refractivity contribution is 0.0192. The summed E-state index contributed by atoms with van der Waals surface area (Å²) in [6.07, 6.45) is 2.23. The molecule has 1 saturated heterocycles. The van der Waals surface area contributed by atoms with Crippen molar-refractivity contribution >= 4 is 10.0 Å². The van der Waals surface area contributed by atoms with Gasteiger partial charge < -0.3 is 4.74 Å². The van der Waals surface area contributed by atoms with E-state index in [-0.39, 0.29) is 10.8 Å². The molecule has 1 heterocycles. The quantitative estimate of drug-likeness (QED) is 0.810. The normalized spacial score (nSPS) is 29.8. The predicted octanol–water partition coefficient (Wildman–Crippen LogP) is 4.01. The number of nitrogens with zero attached hydrogens (tertiary/aromatic N) is 1. The highest BCUT2D eigenvalue weighted by molar-refractivity contribution is 7.89. The van der Waals surface area contributed by atoms with Crippen molar-refractivity contribution in [3.8, 4) is 0 Å². The van der Waals surface area contributed by atoms with E-state index >= 15 is 0 Å². The van der Waals surface area contributed by atoms with Gasteiger partial charge in [-0.25, -0.2) is 8.42 Å². The van der Waals surface area contributed by atoms with Crippen LogP contribution in [0.2, 0.25) is 0 Å². The summed E-state index contributed by atoms with van der Waals surface area (Å²) < 4.78 is 33.6. The number of hydrogen-bond donors (Lipinski definition) is 0. The van der Waals surface area contributed by atoms with E-state index < -0.39 is 15.6 Å². The van der Waals surface area contributed by atoms with Gasteiger partial charge in [-0.3, -0.25) is 0 Å². The minimum Gasteiger partial charge on any atom is -0.374 e. The number of sulfonamides is 1. The predicted molar refractivity (Wildman–Crippen MR) is 99.8 cm³/mol. The Bertz CT molecular complexity index is 752. The first-order valence-corrected chi connectivity index (χ1v) is 10.5. The van der Waals surface area contributed by atoms with Gasteiger partial charge in [0.25, 0.3) is 0 Å². The molecule has 2 aliphatic rings. The molecule has 0 spiro atoms. The first-order valence-electron chi connectivity index (χ1n) is 9.06. The van der Waals surface area contributed by atoms with Gasteiger partial charge >= 0.3 is 0 Å². The third-order valence-electron chi connectivity index (χ3n) is 6.41. The second kappa shape index (κ2) is 5.80. The largest absolute Gasteiger partial charge is 0.374 e. The molecule has 5 heteroatoms. The molecule has 1 aliphatic carbocycles. The second-order valence-corrected chi connectivity index (χ2v) is 11.4. The molecule has 25 heavy (non-hydrogen) atoms. The van der Waals surface area contributed by atoms with Crippen LogP contribution in [0.5, 0.6) is 0 Å². The Kier molecular flexibility index (Phi) is 4.37. The standard InChI is InChI=1S/C20H31NO3S/c1-18(2)13-20(5)11-16(18)12-21(14-20)25(22,23)17-9-7-15(8-10-17)19(3,4)24-6/h7-10,16H,11-14H2,1-6H3. The van der Waals surface area contributed by atoms with Crippen LogP contribution in [-0.2, 0) is 20.4 Å². The zero-order chi connectivity index (χ0) is 18.7. The van der Waals surface area contributed by atoms with Gasteiger partial charge in [-0.15, -0.1) is 0 Å². The van der Waals surface area contributed by atoms with Crippen molar-refractivity contribution in [2.45, 2.75) is 58.0 Å². The minimum atomic E-state index is -3.45. The summed E-state index contributed by atoms with van der Waals surface area (Å²) in [6.45, 7) is 12.0. The summed E-state index contributed by atoms with van der Waals surface area (Å²) in [5.74, 6) is 0.438. The molecule has 2 fully saturated rings. The van der Waals surface area contributed by atoms with E-state index in [1.54, 1.807) is 23.5 Å². The number of ether oxygens (including phenoxy) is 1. The molecule has 0 amide bonds. The molecule has 1 aromatic carbocycles. The van der Waals surface area contributed by atoms with E-state index in [9.17, 15) is 8.42 Å². The second-order valence-electron chi connectivity index (χ2n) is 9.41. The molecule has 0 aromatic heterocycles. The summed E-state index contributed by atoms with van der Waals surface area (Å²) >= 11 is 0. The van der Waals surface area contributed by atoms with Crippen LogP contribution >= 0.6 is 0 Å². The van der Waals surface area contributed by atoms with Gasteiger partial charge in [0, 0.05) is 20.2 Å². The fourth-order valence-electron chi connectivity index (χ4n) is 4.83. The van der Waals surface area contributed by atoms with E-state index in [4.69, 9.17) is 4.74 Å². The molecular weight excluding hydrogens is 334 g/mol. The Labute approximate surface area is 152 Å². The van der Waals surface area contributed by atoms with Crippen molar-refractivity contribution in [1.29, 1.82) is 0 Å². The van der Waals surface area contributed by atoms with Gasteiger partial charge in [0.15, 0.2) is 0 Å². The lowest BCUT2D eigenvalue weighted by atomic mass is 9.82. The summed E-state index contributed by atoms with van der Waals surface area (Å²) in [5, 5.41) is 0. The van der Waals surface area contributed by atoms with Crippen LogP contribution in [-0.4, -0.2) is 32.9 Å². The van der Waals surface area contributed by atoms with E-state index in [1.807, 2.05) is 26.0 Å². The zero-order valence-corrected chi connectivity index (χ0v) is 17.1. The highest BCUT2D eigenvalue weighted by Gasteiger charge is 2.53. The van der Waals surface area contributed by atoms with Crippen molar-refractivity contribution in [1.82, 2.24) is 4.31 Å². The third-order valence-corrected chi connectivity index (χ3v) is 8.23. The molecule has 140 valence electrons. The Morgan fingerprint density at radius 3 is 2.28 bits per heavy atom. The zero-order valence-electron chi connectivity index (χ0n) is 16.3. The van der Waals surface area contributed by atoms with Crippen LogP contribution in [0, 0.1) is 16.7 Å². The van der Waals surface area contributed by atoms with Crippen molar-refractivity contribution in [3.63, 3.8) is 0 Å². The first kappa shape index (κ1) is 18.9. The van der Waals surface area contributed by atoms with Crippen LogP contribution < -0.4 is 0 Å². The van der Waals surface area contributed by atoms with Crippen LogP contribution in [0.25, 0.3) is 0 Å². The molecule has 3 rings (SSSR count). The van der Waals surface area contributed by atoms with Crippen molar-refractivity contribution in [3.05, 3.63) is 29.8 Å². The number of hydrogen-bond acceptors (Lipinski definition) is 3. The molecule has 2 atom stereocenters. The summed E-state index contributed by atoms with van der Waals surface area (Å²) in [4.78, 5) is 0.380. The van der Waals surface area contributed by atoms with Crippen LogP contribution in [0.3, 0.4) is 0 Å². The Morgan fingerprint density at radius 2 is 1.76 bits per heavy atom. The summed E-state index contributed by atoms with van der Waals surface area (Å²) in [5.41, 5.74) is 0.855. The Balaban J connectivity index is 1.88. The van der Waals surface area contributed by atoms with Crippen LogP contribution in [0.1, 0.15) is 53.0 Å². The Hall–Kier alpha value is -0.910. The van der Waals surface area contributed by atoms with Crippen molar-refractivity contribution in [2.24, 2.45) is 16.7 Å². The van der Waals surface area contributed by atoms with Gasteiger partial charge in [-0.05, 0) is 61.1 Å². The molecule has 1 aliphatic heterocycles. The lowest BCUT2D eigenvalue weighted by Gasteiger charge is -2.37. The summed E-state index contributed by atoms with van der Waals surface area (Å²) in [7, 11) is -1.79. The number of fused-ring (bicyclic) bond motifs is 2. The fraction of sp³-hybridized carbons (Fsp3) is 0.700. The smallest absolute Gasteiger partial charge is 0.243 e. The maximum Gasteiger partial charge on any atom is 0.243 e. The molecule has 0 radical (unpaired) electrons. The number of benzene rings is 1. The van der Waals surface area contributed by atoms with Gasteiger partial charge in [0.2, 0.25) is 10.0 Å². The summed E-state index contributed by atoms with van der Waals surface area (Å²) in [6, 6.07) is 7.16. The topological polar surface area (TPSA) is 46.6 Å². The average molecular weight is 366 g/mol. The van der Waals surface area contributed by atoms with Crippen molar-refractivity contribution < 1.29 is 13.2 Å².